The highest BCUT2D eigenvalue weighted by Gasteiger charge is 2.21. The average molecular weight is 302 g/mol. The SMILES string of the molecule is OB(O)c1ccc2c3ccccc3c3cccc4sc1c2c43. The first-order chi connectivity index (χ1) is 10.8. The van der Waals surface area contributed by atoms with Crippen molar-refractivity contribution in [2.45, 2.75) is 0 Å². The summed E-state index contributed by atoms with van der Waals surface area (Å²) in [6.07, 6.45) is 0. The second-order valence-corrected chi connectivity index (χ2v) is 6.66. The van der Waals surface area contributed by atoms with E-state index < -0.39 is 7.12 Å². The molecule has 0 saturated carbocycles. The highest BCUT2D eigenvalue weighted by Crippen LogP contribution is 2.44. The van der Waals surface area contributed by atoms with E-state index in [1.54, 1.807) is 11.3 Å². The van der Waals surface area contributed by atoms with Gasteiger partial charge in [-0.25, -0.2) is 0 Å². The van der Waals surface area contributed by atoms with Crippen molar-refractivity contribution in [3.05, 3.63) is 54.6 Å². The molecule has 2 N–H and O–H groups in total. The fraction of sp³-hybridized carbons (Fsp3) is 0. The molecule has 5 aromatic rings. The van der Waals surface area contributed by atoms with Crippen molar-refractivity contribution in [3.63, 3.8) is 0 Å². The Kier molecular flexibility index (Phi) is 2.37. The zero-order valence-corrected chi connectivity index (χ0v) is 12.4. The van der Waals surface area contributed by atoms with Gasteiger partial charge in [0.25, 0.3) is 0 Å². The van der Waals surface area contributed by atoms with Crippen LogP contribution < -0.4 is 5.46 Å². The van der Waals surface area contributed by atoms with Gasteiger partial charge in [-0.3, -0.25) is 0 Å². The summed E-state index contributed by atoms with van der Waals surface area (Å²) >= 11 is 1.64. The molecule has 0 fully saturated rings. The van der Waals surface area contributed by atoms with Gasteiger partial charge in [0.2, 0.25) is 0 Å². The molecule has 4 heteroatoms. The standard InChI is InChI=1S/C18H11BO2S/c20-19(21)14-9-8-13-11-5-2-1-4-10(11)12-6-3-7-15-16(12)17(13)18(14)22-15/h1-9,20-21H. The normalized spacial score (nSPS) is 12.1. The molecule has 4 aromatic carbocycles. The lowest BCUT2D eigenvalue weighted by atomic mass is 9.78. The Morgan fingerprint density at radius 2 is 1.36 bits per heavy atom. The lowest BCUT2D eigenvalue weighted by Gasteiger charge is -2.10. The quantitative estimate of drug-likeness (QED) is 0.368. The van der Waals surface area contributed by atoms with Gasteiger partial charge in [0.05, 0.1) is 0 Å². The van der Waals surface area contributed by atoms with Crippen LogP contribution in [0.4, 0.5) is 0 Å². The van der Waals surface area contributed by atoms with Crippen molar-refractivity contribution in [2.24, 2.45) is 0 Å². The summed E-state index contributed by atoms with van der Waals surface area (Å²) in [6, 6.07) is 18.6. The summed E-state index contributed by atoms with van der Waals surface area (Å²) in [6.45, 7) is 0. The molecule has 0 radical (unpaired) electrons. The van der Waals surface area contributed by atoms with E-state index in [1.165, 1.54) is 31.6 Å². The van der Waals surface area contributed by atoms with Gasteiger partial charge in [0, 0.05) is 20.2 Å². The fourth-order valence-corrected chi connectivity index (χ4v) is 4.83. The van der Waals surface area contributed by atoms with Crippen LogP contribution in [0.2, 0.25) is 0 Å². The van der Waals surface area contributed by atoms with Crippen LogP contribution in [0, 0.1) is 0 Å². The van der Waals surface area contributed by atoms with Gasteiger partial charge >= 0.3 is 7.12 Å². The maximum absolute atomic E-state index is 9.68. The van der Waals surface area contributed by atoms with Crippen molar-refractivity contribution in [1.29, 1.82) is 0 Å². The molecule has 0 amide bonds. The molecule has 0 aliphatic rings. The Balaban J connectivity index is 2.21. The van der Waals surface area contributed by atoms with Gasteiger partial charge in [-0.15, -0.1) is 11.3 Å². The maximum Gasteiger partial charge on any atom is 0.489 e. The molecule has 0 bridgehead atoms. The Hall–Kier alpha value is -2.14. The lowest BCUT2D eigenvalue weighted by Crippen LogP contribution is -2.29. The molecule has 0 aliphatic heterocycles. The summed E-state index contributed by atoms with van der Waals surface area (Å²) in [5.74, 6) is 0. The van der Waals surface area contributed by atoms with Crippen LogP contribution in [0.15, 0.2) is 54.6 Å². The van der Waals surface area contributed by atoms with E-state index in [0.29, 0.717) is 5.46 Å². The zero-order chi connectivity index (χ0) is 14.8. The molecule has 2 nitrogen and oxygen atoms in total. The smallest absolute Gasteiger partial charge is 0.423 e. The topological polar surface area (TPSA) is 40.5 Å². The Morgan fingerprint density at radius 1 is 0.682 bits per heavy atom. The van der Waals surface area contributed by atoms with E-state index in [9.17, 15) is 10.0 Å². The van der Waals surface area contributed by atoms with Crippen LogP contribution in [0.5, 0.6) is 0 Å². The predicted molar refractivity (Wildman–Crippen MR) is 95.4 cm³/mol. The van der Waals surface area contributed by atoms with E-state index in [-0.39, 0.29) is 0 Å². The first-order valence-electron chi connectivity index (χ1n) is 7.20. The summed E-state index contributed by atoms with van der Waals surface area (Å²) < 4.78 is 2.17. The molecule has 1 aromatic heterocycles. The van der Waals surface area contributed by atoms with Crippen molar-refractivity contribution in [1.82, 2.24) is 0 Å². The minimum atomic E-state index is -1.44. The van der Waals surface area contributed by atoms with Gasteiger partial charge < -0.3 is 10.0 Å². The van der Waals surface area contributed by atoms with Crippen LogP contribution in [0.1, 0.15) is 0 Å². The first-order valence-corrected chi connectivity index (χ1v) is 8.01. The molecular weight excluding hydrogens is 291 g/mol. The van der Waals surface area contributed by atoms with E-state index in [0.717, 1.165) is 10.1 Å². The minimum Gasteiger partial charge on any atom is -0.423 e. The van der Waals surface area contributed by atoms with Crippen molar-refractivity contribution >= 4 is 65.6 Å². The molecular formula is C18H11BO2S. The second kappa shape index (κ2) is 4.20. The summed E-state index contributed by atoms with van der Waals surface area (Å²) in [5, 5.41) is 26.6. The van der Waals surface area contributed by atoms with Crippen LogP contribution in [-0.2, 0) is 0 Å². The van der Waals surface area contributed by atoms with Gasteiger partial charge in [-0.05, 0) is 33.1 Å². The minimum absolute atomic E-state index is 0.588. The highest BCUT2D eigenvalue weighted by atomic mass is 32.1. The molecule has 0 spiro atoms. The highest BCUT2D eigenvalue weighted by molar-refractivity contribution is 7.27. The third-order valence-corrected chi connectivity index (χ3v) is 5.67. The van der Waals surface area contributed by atoms with Crippen LogP contribution >= 0.6 is 11.3 Å². The number of thiophene rings is 1. The van der Waals surface area contributed by atoms with Gasteiger partial charge in [0.1, 0.15) is 0 Å². The molecule has 5 rings (SSSR count). The van der Waals surface area contributed by atoms with Crippen LogP contribution in [0.3, 0.4) is 0 Å². The van der Waals surface area contributed by atoms with Gasteiger partial charge in [0.15, 0.2) is 0 Å². The number of rotatable bonds is 1. The summed E-state index contributed by atoms with van der Waals surface area (Å²) in [4.78, 5) is 0. The number of benzene rings is 4. The van der Waals surface area contributed by atoms with Crippen molar-refractivity contribution in [2.75, 3.05) is 0 Å². The first kappa shape index (κ1) is 12.4. The van der Waals surface area contributed by atoms with E-state index in [4.69, 9.17) is 0 Å². The molecule has 0 atom stereocenters. The molecule has 1 heterocycles. The largest absolute Gasteiger partial charge is 0.489 e. The molecule has 0 saturated heterocycles. The Morgan fingerprint density at radius 3 is 2.09 bits per heavy atom. The maximum atomic E-state index is 9.68. The second-order valence-electron chi connectivity index (χ2n) is 5.61. The number of hydrogen-bond donors (Lipinski definition) is 2. The van der Waals surface area contributed by atoms with E-state index in [2.05, 4.69) is 42.5 Å². The molecule has 0 unspecified atom stereocenters. The number of hydrogen-bond acceptors (Lipinski definition) is 3. The van der Waals surface area contributed by atoms with Gasteiger partial charge in [-0.2, -0.15) is 0 Å². The monoisotopic (exact) mass is 302 g/mol. The van der Waals surface area contributed by atoms with Crippen molar-refractivity contribution in [3.8, 4) is 0 Å². The Bertz CT molecular complexity index is 1160. The van der Waals surface area contributed by atoms with Crippen LogP contribution in [-0.4, -0.2) is 17.2 Å². The van der Waals surface area contributed by atoms with Gasteiger partial charge in [-0.1, -0.05) is 48.5 Å². The zero-order valence-electron chi connectivity index (χ0n) is 11.6. The lowest BCUT2D eigenvalue weighted by molar-refractivity contribution is 0.426. The van der Waals surface area contributed by atoms with Crippen LogP contribution in [0.25, 0.3) is 41.7 Å². The summed E-state index contributed by atoms with van der Waals surface area (Å²) in [7, 11) is -1.44. The molecule has 104 valence electrons. The third-order valence-electron chi connectivity index (χ3n) is 4.46. The number of fused-ring (bicyclic) bond motifs is 3. The predicted octanol–water partition coefficient (Wildman–Crippen LogP) is 3.48. The van der Waals surface area contributed by atoms with E-state index >= 15 is 0 Å². The van der Waals surface area contributed by atoms with E-state index in [1.807, 2.05) is 12.1 Å². The molecule has 0 aliphatic carbocycles. The van der Waals surface area contributed by atoms with Crippen molar-refractivity contribution < 1.29 is 10.0 Å². The summed E-state index contributed by atoms with van der Waals surface area (Å²) in [5.41, 5.74) is 0.588. The average Bonchev–Trinajstić information content (AvgIpc) is 2.93. The Labute approximate surface area is 130 Å². The fourth-order valence-electron chi connectivity index (χ4n) is 3.55. The molecule has 22 heavy (non-hydrogen) atoms. The third kappa shape index (κ3) is 1.42.